The van der Waals surface area contributed by atoms with Gasteiger partial charge in [-0.25, -0.2) is 4.98 Å². The van der Waals surface area contributed by atoms with E-state index in [0.29, 0.717) is 46.2 Å². The van der Waals surface area contributed by atoms with Gasteiger partial charge in [-0.3, -0.25) is 9.36 Å². The number of aromatic nitrogens is 4. The molecule has 1 aliphatic rings. The third-order valence-electron chi connectivity index (χ3n) is 5.79. The molecule has 8 nitrogen and oxygen atoms in total. The number of rotatable bonds is 8. The van der Waals surface area contributed by atoms with Crippen molar-refractivity contribution in [1.29, 1.82) is 0 Å². The summed E-state index contributed by atoms with van der Waals surface area (Å²) in [7, 11) is 3.18. The number of methoxy groups -OCH3 is 2. The lowest BCUT2D eigenvalue weighted by atomic mass is 9.97. The van der Waals surface area contributed by atoms with E-state index in [1.54, 1.807) is 42.3 Å². The number of thioether (sulfide) groups is 1. The highest BCUT2D eigenvalue weighted by atomic mass is 32.2. The van der Waals surface area contributed by atoms with Gasteiger partial charge in [-0.2, -0.15) is 4.98 Å². The number of nitrogens with zero attached hydrogens (tertiary/aromatic N) is 4. The van der Waals surface area contributed by atoms with Crippen molar-refractivity contribution in [2.75, 3.05) is 14.2 Å². The fourth-order valence-corrected chi connectivity index (χ4v) is 6.30. The van der Waals surface area contributed by atoms with E-state index in [2.05, 4.69) is 16.7 Å². The summed E-state index contributed by atoms with van der Waals surface area (Å²) in [5.41, 5.74) is 1.89. The fraction of sp³-hybridized carbons (Fsp3) is 0.333. The number of thiophene rings is 1. The van der Waals surface area contributed by atoms with Crippen LogP contribution >= 0.6 is 23.1 Å². The molecule has 34 heavy (non-hydrogen) atoms. The van der Waals surface area contributed by atoms with Gasteiger partial charge in [-0.05, 0) is 43.4 Å². The second-order valence-corrected chi connectivity index (χ2v) is 9.88. The molecule has 1 aromatic carbocycles. The maximum Gasteiger partial charge on any atom is 0.263 e. The molecule has 4 aromatic rings. The topological polar surface area (TPSA) is 92.3 Å². The summed E-state index contributed by atoms with van der Waals surface area (Å²) in [5, 5.41) is 5.51. The summed E-state index contributed by atoms with van der Waals surface area (Å²) in [4.78, 5) is 24.9. The predicted octanol–water partition coefficient (Wildman–Crippen LogP) is 4.88. The molecule has 0 N–H and O–H groups in total. The fourth-order valence-electron chi connectivity index (χ4n) is 4.15. The van der Waals surface area contributed by atoms with Gasteiger partial charge in [0.1, 0.15) is 16.3 Å². The van der Waals surface area contributed by atoms with Crippen LogP contribution in [0.15, 0.2) is 45.3 Å². The van der Waals surface area contributed by atoms with Crippen LogP contribution in [0.1, 0.15) is 29.2 Å². The normalized spacial score (nSPS) is 13.1. The first-order valence-electron chi connectivity index (χ1n) is 11.0. The lowest BCUT2D eigenvalue weighted by molar-refractivity contribution is 0.388. The summed E-state index contributed by atoms with van der Waals surface area (Å²) in [6.45, 7) is 4.22. The van der Waals surface area contributed by atoms with Crippen LogP contribution in [0.25, 0.3) is 21.6 Å². The maximum absolute atomic E-state index is 13.4. The second-order valence-electron chi connectivity index (χ2n) is 7.86. The van der Waals surface area contributed by atoms with Crippen molar-refractivity contribution in [2.24, 2.45) is 0 Å². The predicted molar refractivity (Wildman–Crippen MR) is 133 cm³/mol. The minimum absolute atomic E-state index is 0.000914. The molecule has 0 saturated carbocycles. The maximum atomic E-state index is 13.4. The largest absolute Gasteiger partial charge is 0.497 e. The van der Waals surface area contributed by atoms with Crippen LogP contribution in [0.2, 0.25) is 0 Å². The molecule has 1 aliphatic carbocycles. The number of aryl methyl sites for hydroxylation is 2. The molecule has 0 radical (unpaired) electrons. The molecule has 0 amide bonds. The van der Waals surface area contributed by atoms with Gasteiger partial charge in [-0.15, -0.1) is 17.9 Å². The first-order valence-corrected chi connectivity index (χ1v) is 12.8. The van der Waals surface area contributed by atoms with E-state index >= 15 is 0 Å². The molecule has 0 spiro atoms. The molecule has 5 rings (SSSR count). The van der Waals surface area contributed by atoms with E-state index in [4.69, 9.17) is 19.0 Å². The summed E-state index contributed by atoms with van der Waals surface area (Å²) in [6.07, 6.45) is 5.99. The second kappa shape index (κ2) is 9.63. The van der Waals surface area contributed by atoms with Crippen LogP contribution in [-0.2, 0) is 25.1 Å². The van der Waals surface area contributed by atoms with Gasteiger partial charge in [0.2, 0.25) is 11.7 Å². The van der Waals surface area contributed by atoms with Gasteiger partial charge in [-0.1, -0.05) is 23.0 Å². The highest BCUT2D eigenvalue weighted by Gasteiger charge is 2.22. The Morgan fingerprint density at radius 1 is 1.24 bits per heavy atom. The number of hydrogen-bond acceptors (Lipinski definition) is 9. The van der Waals surface area contributed by atoms with Crippen molar-refractivity contribution in [1.82, 2.24) is 19.7 Å². The van der Waals surface area contributed by atoms with Crippen molar-refractivity contribution >= 4 is 33.3 Å². The zero-order valence-electron chi connectivity index (χ0n) is 19.0. The van der Waals surface area contributed by atoms with Gasteiger partial charge >= 0.3 is 0 Å². The summed E-state index contributed by atoms with van der Waals surface area (Å²) >= 11 is 3.05. The highest BCUT2D eigenvalue weighted by Crippen LogP contribution is 2.35. The summed E-state index contributed by atoms with van der Waals surface area (Å²) in [6, 6.07) is 5.42. The SMILES string of the molecule is C=CCn1c(SCc2nc(-c3ccc(OC)cc3OC)no2)nc2sc3c(c2c1=O)CCCC3. The van der Waals surface area contributed by atoms with Crippen LogP contribution in [0.3, 0.4) is 0 Å². The van der Waals surface area contributed by atoms with E-state index in [1.165, 1.54) is 28.6 Å². The molecule has 3 aromatic heterocycles. The first kappa shape index (κ1) is 22.7. The smallest absolute Gasteiger partial charge is 0.263 e. The third kappa shape index (κ3) is 4.12. The van der Waals surface area contributed by atoms with Crippen molar-refractivity contribution < 1.29 is 14.0 Å². The van der Waals surface area contributed by atoms with Crippen LogP contribution in [0.4, 0.5) is 0 Å². The summed E-state index contributed by atoms with van der Waals surface area (Å²) in [5.74, 6) is 2.51. The van der Waals surface area contributed by atoms with E-state index in [1.807, 2.05) is 12.1 Å². The molecular weight excluding hydrogens is 472 g/mol. The average Bonchev–Trinajstić information content (AvgIpc) is 3.48. The minimum atomic E-state index is 0.000914. The van der Waals surface area contributed by atoms with E-state index in [9.17, 15) is 4.79 Å². The molecule has 0 atom stereocenters. The lowest BCUT2D eigenvalue weighted by Crippen LogP contribution is -2.23. The summed E-state index contributed by atoms with van der Waals surface area (Å²) < 4.78 is 17.9. The molecule has 3 heterocycles. The van der Waals surface area contributed by atoms with Gasteiger partial charge in [0.15, 0.2) is 5.16 Å². The molecular formula is C24H24N4O4S2. The molecule has 0 saturated heterocycles. The van der Waals surface area contributed by atoms with E-state index in [0.717, 1.165) is 29.5 Å². The Kier molecular flexibility index (Phi) is 6.42. The molecule has 0 fully saturated rings. The standard InChI is InChI=1S/C24H24N4O4S2/c1-4-11-28-23(29)20-16-7-5-6-8-18(16)34-22(20)26-24(28)33-13-19-25-21(27-32-19)15-10-9-14(30-2)12-17(15)31-3/h4,9-10,12H,1,5-8,11,13H2,2-3H3. The molecule has 10 heteroatoms. The Morgan fingerprint density at radius 3 is 2.88 bits per heavy atom. The van der Waals surface area contributed by atoms with Gasteiger partial charge in [0.25, 0.3) is 5.56 Å². The lowest BCUT2D eigenvalue weighted by Gasteiger charge is -2.12. The zero-order valence-corrected chi connectivity index (χ0v) is 20.6. The Hall–Kier alpha value is -3.11. The van der Waals surface area contributed by atoms with Gasteiger partial charge in [0.05, 0.1) is 30.9 Å². The van der Waals surface area contributed by atoms with Crippen LogP contribution < -0.4 is 15.0 Å². The average molecular weight is 497 g/mol. The van der Waals surface area contributed by atoms with Crippen molar-refractivity contribution in [3.05, 3.63) is 57.5 Å². The monoisotopic (exact) mass is 496 g/mol. The molecule has 0 bridgehead atoms. The Balaban J connectivity index is 1.44. The molecule has 0 unspecified atom stereocenters. The quantitative estimate of drug-likeness (QED) is 0.194. The molecule has 0 aliphatic heterocycles. The van der Waals surface area contributed by atoms with Crippen molar-refractivity contribution in [2.45, 2.75) is 43.1 Å². The van der Waals surface area contributed by atoms with Crippen LogP contribution in [0, 0.1) is 0 Å². The van der Waals surface area contributed by atoms with Crippen LogP contribution in [-0.4, -0.2) is 33.9 Å². The third-order valence-corrected chi connectivity index (χ3v) is 7.94. The van der Waals surface area contributed by atoms with Gasteiger partial charge < -0.3 is 14.0 Å². The first-order chi connectivity index (χ1) is 16.6. The highest BCUT2D eigenvalue weighted by molar-refractivity contribution is 7.98. The van der Waals surface area contributed by atoms with E-state index in [-0.39, 0.29) is 5.56 Å². The number of fused-ring (bicyclic) bond motifs is 3. The van der Waals surface area contributed by atoms with Crippen molar-refractivity contribution in [3.63, 3.8) is 0 Å². The van der Waals surface area contributed by atoms with E-state index < -0.39 is 0 Å². The van der Waals surface area contributed by atoms with Crippen molar-refractivity contribution in [3.8, 4) is 22.9 Å². The zero-order chi connectivity index (χ0) is 23.7. The number of hydrogen-bond donors (Lipinski definition) is 0. The Morgan fingerprint density at radius 2 is 2.09 bits per heavy atom. The Labute approximate surface area is 204 Å². The number of allylic oxidation sites excluding steroid dienone is 1. The van der Waals surface area contributed by atoms with Gasteiger partial charge in [0, 0.05) is 17.5 Å². The molecule has 176 valence electrons. The van der Waals surface area contributed by atoms with Crippen LogP contribution in [0.5, 0.6) is 11.5 Å². The number of benzene rings is 1. The minimum Gasteiger partial charge on any atom is -0.497 e. The number of ether oxygens (including phenoxy) is 2. The Bertz CT molecular complexity index is 1420.